The first-order chi connectivity index (χ1) is 8.58. The third kappa shape index (κ3) is 3.28. The lowest BCUT2D eigenvalue weighted by molar-refractivity contribution is 0.969. The van der Waals surface area contributed by atoms with Gasteiger partial charge in [0.2, 0.25) is 0 Å². The molecule has 0 unspecified atom stereocenters. The molecule has 2 rings (SSSR count). The molecule has 0 aliphatic rings. The SMILES string of the molecule is CNc1cc(Sc2ccc(Cl)c(Cl)c2)nc(C)n1. The molecule has 3 nitrogen and oxygen atoms in total. The molecule has 18 heavy (non-hydrogen) atoms. The molecule has 0 fully saturated rings. The average molecular weight is 300 g/mol. The Balaban J connectivity index is 2.27. The first-order valence-electron chi connectivity index (χ1n) is 5.25. The molecule has 0 atom stereocenters. The van der Waals surface area contributed by atoms with E-state index in [0.717, 1.165) is 21.6 Å². The number of hydrogen-bond acceptors (Lipinski definition) is 4. The van der Waals surface area contributed by atoms with Crippen LogP contribution in [-0.4, -0.2) is 17.0 Å². The average Bonchev–Trinajstić information content (AvgIpc) is 2.33. The van der Waals surface area contributed by atoms with E-state index in [-0.39, 0.29) is 0 Å². The highest BCUT2D eigenvalue weighted by Crippen LogP contribution is 2.32. The van der Waals surface area contributed by atoms with Crippen LogP contribution in [0.4, 0.5) is 5.82 Å². The smallest absolute Gasteiger partial charge is 0.130 e. The van der Waals surface area contributed by atoms with Crippen LogP contribution >= 0.6 is 35.0 Å². The zero-order valence-corrected chi connectivity index (χ0v) is 12.2. The van der Waals surface area contributed by atoms with E-state index in [1.54, 1.807) is 6.07 Å². The Hall–Kier alpha value is -0.970. The van der Waals surface area contributed by atoms with Crippen LogP contribution < -0.4 is 5.32 Å². The number of anilines is 1. The predicted octanol–water partition coefficient (Wildman–Crippen LogP) is 4.28. The molecule has 2 aromatic rings. The maximum atomic E-state index is 5.98. The molecule has 0 saturated heterocycles. The topological polar surface area (TPSA) is 37.8 Å². The van der Waals surface area contributed by atoms with Crippen molar-refractivity contribution >= 4 is 40.8 Å². The molecule has 0 saturated carbocycles. The molecule has 1 aromatic carbocycles. The summed E-state index contributed by atoms with van der Waals surface area (Å²) < 4.78 is 0. The van der Waals surface area contributed by atoms with Gasteiger partial charge in [-0.2, -0.15) is 0 Å². The van der Waals surface area contributed by atoms with E-state index in [2.05, 4.69) is 15.3 Å². The van der Waals surface area contributed by atoms with Gasteiger partial charge in [0, 0.05) is 18.0 Å². The van der Waals surface area contributed by atoms with Gasteiger partial charge >= 0.3 is 0 Å². The van der Waals surface area contributed by atoms with E-state index in [0.29, 0.717) is 10.0 Å². The second kappa shape index (κ2) is 5.78. The van der Waals surface area contributed by atoms with E-state index >= 15 is 0 Å². The van der Waals surface area contributed by atoms with Crippen molar-refractivity contribution in [2.75, 3.05) is 12.4 Å². The minimum Gasteiger partial charge on any atom is -0.373 e. The summed E-state index contributed by atoms with van der Waals surface area (Å²) in [6.45, 7) is 1.86. The summed E-state index contributed by atoms with van der Waals surface area (Å²) in [6.07, 6.45) is 0. The van der Waals surface area contributed by atoms with E-state index in [1.165, 1.54) is 11.8 Å². The van der Waals surface area contributed by atoms with Crippen molar-refractivity contribution in [2.24, 2.45) is 0 Å². The fourth-order valence-electron chi connectivity index (χ4n) is 1.38. The Morgan fingerprint density at radius 3 is 2.56 bits per heavy atom. The number of aromatic nitrogens is 2. The van der Waals surface area contributed by atoms with Crippen molar-refractivity contribution in [3.05, 3.63) is 40.1 Å². The molecule has 0 aliphatic carbocycles. The summed E-state index contributed by atoms with van der Waals surface area (Å²) in [5.41, 5.74) is 0. The summed E-state index contributed by atoms with van der Waals surface area (Å²) in [4.78, 5) is 9.60. The van der Waals surface area contributed by atoms with Gasteiger partial charge in [0.05, 0.1) is 10.0 Å². The van der Waals surface area contributed by atoms with Crippen LogP contribution in [0.5, 0.6) is 0 Å². The van der Waals surface area contributed by atoms with Crippen LogP contribution in [0.3, 0.4) is 0 Å². The zero-order valence-electron chi connectivity index (χ0n) is 9.87. The van der Waals surface area contributed by atoms with E-state index in [1.807, 2.05) is 32.2 Å². The quantitative estimate of drug-likeness (QED) is 0.858. The van der Waals surface area contributed by atoms with Crippen molar-refractivity contribution in [1.29, 1.82) is 0 Å². The summed E-state index contributed by atoms with van der Waals surface area (Å²) in [5.74, 6) is 1.52. The van der Waals surface area contributed by atoms with Crippen molar-refractivity contribution in [2.45, 2.75) is 16.8 Å². The first kappa shape index (κ1) is 13.5. The normalized spacial score (nSPS) is 10.4. The van der Waals surface area contributed by atoms with Crippen LogP contribution in [0.2, 0.25) is 10.0 Å². The van der Waals surface area contributed by atoms with Crippen LogP contribution in [0.25, 0.3) is 0 Å². The Bertz CT molecular complexity index is 575. The van der Waals surface area contributed by atoms with E-state index < -0.39 is 0 Å². The molecule has 0 aliphatic heterocycles. The number of nitrogens with one attached hydrogen (secondary N) is 1. The largest absolute Gasteiger partial charge is 0.373 e. The molecule has 1 aromatic heterocycles. The minimum atomic E-state index is 0.543. The second-order valence-electron chi connectivity index (χ2n) is 3.57. The molecule has 0 amide bonds. The number of halogens is 2. The first-order valence-corrected chi connectivity index (χ1v) is 6.82. The number of benzene rings is 1. The van der Waals surface area contributed by atoms with Gasteiger partial charge < -0.3 is 5.32 Å². The number of hydrogen-bond donors (Lipinski definition) is 1. The van der Waals surface area contributed by atoms with Gasteiger partial charge in [-0.05, 0) is 25.1 Å². The molecular formula is C12H11Cl2N3S. The zero-order chi connectivity index (χ0) is 13.1. The summed E-state index contributed by atoms with van der Waals surface area (Å²) in [7, 11) is 1.83. The molecule has 1 heterocycles. The van der Waals surface area contributed by atoms with Gasteiger partial charge in [0.25, 0.3) is 0 Å². The summed E-state index contributed by atoms with van der Waals surface area (Å²) >= 11 is 13.4. The number of rotatable bonds is 3. The van der Waals surface area contributed by atoms with Gasteiger partial charge in [-0.25, -0.2) is 9.97 Å². The maximum absolute atomic E-state index is 5.98. The monoisotopic (exact) mass is 299 g/mol. The molecular weight excluding hydrogens is 289 g/mol. The van der Waals surface area contributed by atoms with Gasteiger partial charge in [-0.15, -0.1) is 0 Å². The van der Waals surface area contributed by atoms with Crippen molar-refractivity contribution in [3.8, 4) is 0 Å². The standard InChI is InChI=1S/C12H11Cl2N3S/c1-7-16-11(15-2)6-12(17-7)18-8-3-4-9(13)10(14)5-8/h3-6H,1-2H3,(H,15,16,17). The van der Waals surface area contributed by atoms with Crippen LogP contribution in [-0.2, 0) is 0 Å². The lowest BCUT2D eigenvalue weighted by Crippen LogP contribution is -1.97. The van der Waals surface area contributed by atoms with Crippen LogP contribution in [0.15, 0.2) is 34.2 Å². The maximum Gasteiger partial charge on any atom is 0.130 e. The Labute approximate surface area is 120 Å². The molecule has 94 valence electrons. The third-order valence-electron chi connectivity index (χ3n) is 2.18. The highest BCUT2D eigenvalue weighted by Gasteiger charge is 2.05. The van der Waals surface area contributed by atoms with Crippen LogP contribution in [0, 0.1) is 6.92 Å². The van der Waals surface area contributed by atoms with Crippen molar-refractivity contribution in [3.63, 3.8) is 0 Å². The second-order valence-corrected chi connectivity index (χ2v) is 5.47. The molecule has 0 spiro atoms. The Morgan fingerprint density at radius 2 is 1.89 bits per heavy atom. The molecule has 0 radical (unpaired) electrons. The highest BCUT2D eigenvalue weighted by molar-refractivity contribution is 7.99. The predicted molar refractivity (Wildman–Crippen MR) is 76.9 cm³/mol. The number of nitrogens with zero attached hydrogens (tertiary/aromatic N) is 2. The van der Waals surface area contributed by atoms with Gasteiger partial charge in [-0.1, -0.05) is 35.0 Å². The van der Waals surface area contributed by atoms with Gasteiger partial charge in [0.1, 0.15) is 16.7 Å². The van der Waals surface area contributed by atoms with Gasteiger partial charge in [-0.3, -0.25) is 0 Å². The lowest BCUT2D eigenvalue weighted by Gasteiger charge is -2.06. The fraction of sp³-hybridized carbons (Fsp3) is 0.167. The lowest BCUT2D eigenvalue weighted by atomic mass is 10.4. The summed E-state index contributed by atoms with van der Waals surface area (Å²) in [6, 6.07) is 7.40. The van der Waals surface area contributed by atoms with Gasteiger partial charge in [0.15, 0.2) is 0 Å². The van der Waals surface area contributed by atoms with Crippen LogP contribution in [0.1, 0.15) is 5.82 Å². The van der Waals surface area contributed by atoms with Crippen molar-refractivity contribution < 1.29 is 0 Å². The Kier molecular flexibility index (Phi) is 4.32. The summed E-state index contributed by atoms with van der Waals surface area (Å²) in [5, 5.41) is 4.96. The van der Waals surface area contributed by atoms with Crippen molar-refractivity contribution in [1.82, 2.24) is 9.97 Å². The molecule has 1 N–H and O–H groups in total. The van der Waals surface area contributed by atoms with E-state index in [4.69, 9.17) is 23.2 Å². The van der Waals surface area contributed by atoms with E-state index in [9.17, 15) is 0 Å². The fourth-order valence-corrected chi connectivity index (χ4v) is 2.65. The molecule has 6 heteroatoms. The number of aryl methyl sites for hydroxylation is 1. The third-order valence-corrected chi connectivity index (χ3v) is 3.83. The minimum absolute atomic E-state index is 0.543. The Morgan fingerprint density at radius 1 is 1.11 bits per heavy atom. The molecule has 0 bridgehead atoms. The highest BCUT2D eigenvalue weighted by atomic mass is 35.5.